The average Bonchev–Trinajstić information content (AvgIpc) is 2.34. The van der Waals surface area contributed by atoms with Crippen molar-refractivity contribution in [2.24, 2.45) is 5.73 Å². The SMILES string of the molecule is NC1=C(C(=O)OP)CC=C1. The summed E-state index contributed by atoms with van der Waals surface area (Å²) in [6.45, 7) is 0. The van der Waals surface area contributed by atoms with E-state index >= 15 is 0 Å². The summed E-state index contributed by atoms with van der Waals surface area (Å²) in [5.74, 6) is -0.368. The second kappa shape index (κ2) is 2.84. The zero-order valence-electron chi connectivity index (χ0n) is 5.33. The van der Waals surface area contributed by atoms with E-state index in [1.54, 1.807) is 6.08 Å². The van der Waals surface area contributed by atoms with E-state index in [4.69, 9.17) is 5.73 Å². The van der Waals surface area contributed by atoms with Gasteiger partial charge < -0.3 is 10.3 Å². The molecule has 0 aromatic rings. The van der Waals surface area contributed by atoms with Gasteiger partial charge in [-0.25, -0.2) is 4.79 Å². The molecule has 2 N–H and O–H groups in total. The van der Waals surface area contributed by atoms with E-state index in [0.717, 1.165) is 0 Å². The first kappa shape index (κ1) is 7.29. The summed E-state index contributed by atoms with van der Waals surface area (Å²) < 4.78 is 4.40. The molecule has 0 spiro atoms. The lowest BCUT2D eigenvalue weighted by Gasteiger charge is -1.98. The fourth-order valence-electron chi connectivity index (χ4n) is 0.795. The molecule has 1 aliphatic carbocycles. The molecule has 10 heavy (non-hydrogen) atoms. The molecule has 1 aliphatic rings. The maximum Gasteiger partial charge on any atom is 0.338 e. The van der Waals surface area contributed by atoms with Crippen LogP contribution in [0.1, 0.15) is 6.42 Å². The molecule has 0 aromatic carbocycles. The molecule has 0 saturated carbocycles. The summed E-state index contributed by atoms with van der Waals surface area (Å²) in [6, 6.07) is 0. The number of allylic oxidation sites excluding steroid dienone is 2. The third-order valence-electron chi connectivity index (χ3n) is 1.32. The molecular weight excluding hydrogens is 149 g/mol. The van der Waals surface area contributed by atoms with Crippen LogP contribution in [0.4, 0.5) is 0 Å². The van der Waals surface area contributed by atoms with E-state index < -0.39 is 0 Å². The van der Waals surface area contributed by atoms with Gasteiger partial charge in [0, 0.05) is 5.70 Å². The number of carbonyl (C=O) groups is 1. The third-order valence-corrected chi connectivity index (χ3v) is 1.54. The van der Waals surface area contributed by atoms with Crippen molar-refractivity contribution in [2.45, 2.75) is 6.42 Å². The normalized spacial score (nSPS) is 16.1. The van der Waals surface area contributed by atoms with E-state index in [1.807, 2.05) is 15.5 Å². The first-order valence-electron chi connectivity index (χ1n) is 2.82. The molecule has 54 valence electrons. The van der Waals surface area contributed by atoms with Crippen LogP contribution < -0.4 is 5.73 Å². The van der Waals surface area contributed by atoms with Gasteiger partial charge in [-0.2, -0.15) is 0 Å². The fraction of sp³-hybridized carbons (Fsp3) is 0.167. The van der Waals surface area contributed by atoms with Gasteiger partial charge >= 0.3 is 5.97 Å². The van der Waals surface area contributed by atoms with Crippen molar-refractivity contribution in [3.63, 3.8) is 0 Å². The third kappa shape index (κ3) is 1.19. The maximum absolute atomic E-state index is 10.8. The quantitative estimate of drug-likeness (QED) is 0.563. The molecule has 0 aromatic heterocycles. The zero-order valence-corrected chi connectivity index (χ0v) is 6.49. The molecule has 3 nitrogen and oxygen atoms in total. The fourth-order valence-corrected chi connectivity index (χ4v) is 0.937. The highest BCUT2D eigenvalue weighted by atomic mass is 31.0. The number of hydrogen-bond donors (Lipinski definition) is 1. The van der Waals surface area contributed by atoms with Gasteiger partial charge in [0.15, 0.2) is 0 Å². The predicted molar refractivity (Wildman–Crippen MR) is 40.8 cm³/mol. The van der Waals surface area contributed by atoms with Gasteiger partial charge in [0.2, 0.25) is 0 Å². The van der Waals surface area contributed by atoms with Crippen molar-refractivity contribution in [1.82, 2.24) is 0 Å². The lowest BCUT2D eigenvalue weighted by Crippen LogP contribution is -2.05. The summed E-state index contributed by atoms with van der Waals surface area (Å²) in [5.41, 5.74) is 6.48. The molecule has 4 heteroatoms. The Bertz CT molecular complexity index is 220. The van der Waals surface area contributed by atoms with Crippen LogP contribution in [0, 0.1) is 0 Å². The molecule has 1 atom stereocenters. The molecule has 0 amide bonds. The topological polar surface area (TPSA) is 52.3 Å². The van der Waals surface area contributed by atoms with E-state index in [9.17, 15) is 4.79 Å². The summed E-state index contributed by atoms with van der Waals surface area (Å²) in [7, 11) is 1.90. The van der Waals surface area contributed by atoms with Crippen LogP contribution in [0.2, 0.25) is 0 Å². The van der Waals surface area contributed by atoms with Gasteiger partial charge in [-0.15, -0.1) is 0 Å². The first-order chi connectivity index (χ1) is 4.75. The lowest BCUT2D eigenvalue weighted by atomic mass is 10.2. The number of carbonyl (C=O) groups excluding carboxylic acids is 1. The van der Waals surface area contributed by atoms with Crippen LogP contribution in [-0.4, -0.2) is 5.97 Å². The molecule has 0 aliphatic heterocycles. The number of nitrogens with two attached hydrogens (primary N) is 1. The Morgan fingerprint density at radius 1 is 1.80 bits per heavy atom. The summed E-state index contributed by atoms with van der Waals surface area (Å²) >= 11 is 0. The maximum atomic E-state index is 10.8. The standard InChI is InChI=1S/C6H8NO2P/c7-5-3-1-2-4(5)6(8)9-10/h1,3H,2,7,10H2. The summed E-state index contributed by atoms with van der Waals surface area (Å²) in [4.78, 5) is 10.8. The van der Waals surface area contributed by atoms with Crippen molar-refractivity contribution in [2.75, 3.05) is 0 Å². The second-order valence-corrected chi connectivity index (χ2v) is 2.18. The minimum atomic E-state index is -0.368. The van der Waals surface area contributed by atoms with Gasteiger partial charge in [0.1, 0.15) is 0 Å². The Morgan fingerprint density at radius 3 is 2.90 bits per heavy atom. The lowest BCUT2D eigenvalue weighted by molar-refractivity contribution is -0.129. The smallest absolute Gasteiger partial charge is 0.338 e. The minimum absolute atomic E-state index is 0.368. The zero-order chi connectivity index (χ0) is 7.56. The molecule has 0 saturated heterocycles. The van der Waals surface area contributed by atoms with Crippen LogP contribution in [-0.2, 0) is 9.32 Å². The molecule has 0 heterocycles. The van der Waals surface area contributed by atoms with Crippen LogP contribution in [0.3, 0.4) is 0 Å². The van der Waals surface area contributed by atoms with Gasteiger partial charge in [0.25, 0.3) is 0 Å². The highest BCUT2D eigenvalue weighted by Crippen LogP contribution is 2.16. The first-order valence-corrected chi connectivity index (χ1v) is 3.29. The Hall–Kier alpha value is -0.820. The van der Waals surface area contributed by atoms with Gasteiger partial charge in [0.05, 0.1) is 15.0 Å². The highest BCUT2D eigenvalue weighted by molar-refractivity contribution is 7.10. The van der Waals surface area contributed by atoms with Crippen LogP contribution in [0.25, 0.3) is 0 Å². The van der Waals surface area contributed by atoms with Crippen molar-refractivity contribution in [3.05, 3.63) is 23.4 Å². The van der Waals surface area contributed by atoms with Gasteiger partial charge in [-0.05, 0) is 12.5 Å². The van der Waals surface area contributed by atoms with Gasteiger partial charge in [-0.1, -0.05) is 6.08 Å². The molecular formula is C6H8NO2P. The molecule has 0 radical (unpaired) electrons. The largest absolute Gasteiger partial charge is 0.448 e. The molecule has 1 rings (SSSR count). The van der Waals surface area contributed by atoms with Crippen molar-refractivity contribution >= 4 is 15.4 Å². The number of rotatable bonds is 1. The average molecular weight is 157 g/mol. The Kier molecular flexibility index (Phi) is 2.07. The van der Waals surface area contributed by atoms with E-state index in [2.05, 4.69) is 4.52 Å². The minimum Gasteiger partial charge on any atom is -0.448 e. The van der Waals surface area contributed by atoms with Crippen molar-refractivity contribution in [1.29, 1.82) is 0 Å². The Labute approximate surface area is 61.2 Å². The molecule has 1 unspecified atom stereocenters. The van der Waals surface area contributed by atoms with Crippen LogP contribution in [0.5, 0.6) is 0 Å². The van der Waals surface area contributed by atoms with E-state index in [1.165, 1.54) is 0 Å². The molecule has 0 fully saturated rings. The van der Waals surface area contributed by atoms with Crippen LogP contribution >= 0.6 is 9.47 Å². The monoisotopic (exact) mass is 157 g/mol. The summed E-state index contributed by atoms with van der Waals surface area (Å²) in [5, 5.41) is 0. The Balaban J connectivity index is 2.76. The van der Waals surface area contributed by atoms with Crippen molar-refractivity contribution < 1.29 is 9.32 Å². The van der Waals surface area contributed by atoms with Gasteiger partial charge in [-0.3, -0.25) is 0 Å². The second-order valence-electron chi connectivity index (χ2n) is 1.95. The Morgan fingerprint density at radius 2 is 2.50 bits per heavy atom. The van der Waals surface area contributed by atoms with E-state index in [-0.39, 0.29) is 5.97 Å². The van der Waals surface area contributed by atoms with Crippen molar-refractivity contribution in [3.8, 4) is 0 Å². The summed E-state index contributed by atoms with van der Waals surface area (Å²) in [6.07, 6.45) is 4.11. The molecule has 0 bridgehead atoms. The van der Waals surface area contributed by atoms with E-state index in [0.29, 0.717) is 17.7 Å². The van der Waals surface area contributed by atoms with Crippen LogP contribution in [0.15, 0.2) is 23.4 Å². The predicted octanol–water partition coefficient (Wildman–Crippen LogP) is 0.492. The number of hydrogen-bond acceptors (Lipinski definition) is 3. The highest BCUT2D eigenvalue weighted by Gasteiger charge is 2.14.